The van der Waals surface area contributed by atoms with Crippen molar-refractivity contribution in [3.63, 3.8) is 0 Å². The highest BCUT2D eigenvalue weighted by atomic mass is 19.1. The van der Waals surface area contributed by atoms with Gasteiger partial charge in [-0.25, -0.2) is 13.6 Å². The fraction of sp³-hybridized carbons (Fsp3) is 0.235. The van der Waals surface area contributed by atoms with E-state index in [2.05, 4.69) is 5.32 Å². The van der Waals surface area contributed by atoms with Crippen LogP contribution in [0.15, 0.2) is 36.4 Å². The van der Waals surface area contributed by atoms with Crippen LogP contribution in [0.5, 0.6) is 11.5 Å². The van der Waals surface area contributed by atoms with Crippen molar-refractivity contribution in [1.29, 1.82) is 0 Å². The van der Waals surface area contributed by atoms with Gasteiger partial charge in [0.1, 0.15) is 11.6 Å². The predicted molar refractivity (Wildman–Crippen MR) is 82.6 cm³/mol. The Hall–Kier alpha value is -2.83. The molecule has 7 heteroatoms. The molecule has 0 bridgehead atoms. The minimum Gasteiger partial charge on any atom is -0.454 e. The molecule has 5 nitrogen and oxygen atoms in total. The Balaban J connectivity index is 1.56. The molecule has 2 amide bonds. The van der Waals surface area contributed by atoms with Gasteiger partial charge < -0.3 is 19.7 Å². The van der Waals surface area contributed by atoms with E-state index in [9.17, 15) is 13.6 Å². The fourth-order valence-electron chi connectivity index (χ4n) is 2.34. The maximum Gasteiger partial charge on any atom is 0.317 e. The molecular formula is C17H16F2N2O3. The van der Waals surface area contributed by atoms with Gasteiger partial charge in [-0.2, -0.15) is 0 Å². The molecule has 0 saturated carbocycles. The minimum atomic E-state index is -0.676. The van der Waals surface area contributed by atoms with Crippen molar-refractivity contribution in [3.8, 4) is 11.5 Å². The summed E-state index contributed by atoms with van der Waals surface area (Å²) < 4.78 is 37.0. The van der Waals surface area contributed by atoms with E-state index in [1.165, 1.54) is 18.0 Å². The fourth-order valence-corrected chi connectivity index (χ4v) is 2.34. The van der Waals surface area contributed by atoms with Gasteiger partial charge in [0.05, 0.1) is 0 Å². The number of rotatable bonds is 4. The number of hydrogen-bond donors (Lipinski definition) is 1. The molecular weight excluding hydrogens is 318 g/mol. The van der Waals surface area contributed by atoms with Gasteiger partial charge in [0.15, 0.2) is 11.5 Å². The SMILES string of the molecule is CN(Cc1ccc(F)cc1F)C(=O)NCc1ccc2c(c1)OCO2. The summed E-state index contributed by atoms with van der Waals surface area (Å²) in [6.07, 6.45) is 0. The standard InChI is InChI=1S/C17H16F2N2O3/c1-21(9-12-3-4-13(18)7-14(12)19)17(22)20-8-11-2-5-15-16(6-11)24-10-23-15/h2-7H,8-10H2,1H3,(H,20,22). The van der Waals surface area contributed by atoms with Crippen molar-refractivity contribution in [3.05, 3.63) is 59.2 Å². The van der Waals surface area contributed by atoms with Crippen LogP contribution in [0, 0.1) is 11.6 Å². The third-order valence-corrected chi connectivity index (χ3v) is 3.65. The first-order valence-corrected chi connectivity index (χ1v) is 7.34. The van der Waals surface area contributed by atoms with Crippen LogP contribution in [-0.2, 0) is 13.1 Å². The second kappa shape index (κ2) is 6.74. The van der Waals surface area contributed by atoms with Gasteiger partial charge in [-0.3, -0.25) is 0 Å². The molecule has 0 fully saturated rings. The molecule has 1 heterocycles. The van der Waals surface area contributed by atoms with Gasteiger partial charge >= 0.3 is 6.03 Å². The smallest absolute Gasteiger partial charge is 0.317 e. The Morgan fingerprint density at radius 3 is 2.75 bits per heavy atom. The Bertz CT molecular complexity index is 767. The summed E-state index contributed by atoms with van der Waals surface area (Å²) in [7, 11) is 1.54. The van der Waals surface area contributed by atoms with Crippen LogP contribution >= 0.6 is 0 Å². The maximum atomic E-state index is 13.6. The number of carbonyl (C=O) groups excluding carboxylic acids is 1. The van der Waals surface area contributed by atoms with E-state index >= 15 is 0 Å². The van der Waals surface area contributed by atoms with Gasteiger partial charge in [-0.05, 0) is 23.8 Å². The zero-order valence-corrected chi connectivity index (χ0v) is 13.0. The van der Waals surface area contributed by atoms with E-state index < -0.39 is 11.6 Å². The molecule has 0 aromatic heterocycles. The highest BCUT2D eigenvalue weighted by molar-refractivity contribution is 5.73. The molecule has 1 N–H and O–H groups in total. The van der Waals surface area contributed by atoms with Gasteiger partial charge in [0.25, 0.3) is 0 Å². The summed E-state index contributed by atoms with van der Waals surface area (Å²) in [5.41, 5.74) is 1.10. The first-order valence-electron chi connectivity index (χ1n) is 7.34. The van der Waals surface area contributed by atoms with E-state index in [-0.39, 0.29) is 24.9 Å². The van der Waals surface area contributed by atoms with Crippen LogP contribution in [0.4, 0.5) is 13.6 Å². The second-order valence-electron chi connectivity index (χ2n) is 5.44. The number of urea groups is 1. The maximum absolute atomic E-state index is 13.6. The van der Waals surface area contributed by atoms with Crippen molar-refractivity contribution in [2.75, 3.05) is 13.8 Å². The third kappa shape index (κ3) is 3.56. The van der Waals surface area contributed by atoms with Crippen molar-refractivity contribution < 1.29 is 23.0 Å². The lowest BCUT2D eigenvalue weighted by Crippen LogP contribution is -2.36. The highest BCUT2D eigenvalue weighted by Crippen LogP contribution is 2.32. The lowest BCUT2D eigenvalue weighted by atomic mass is 10.2. The number of halogens is 2. The van der Waals surface area contributed by atoms with Crippen LogP contribution in [0.25, 0.3) is 0 Å². The predicted octanol–water partition coefficient (Wildman–Crippen LogP) is 3.04. The molecule has 0 saturated heterocycles. The van der Waals surface area contributed by atoms with Crippen LogP contribution in [0.2, 0.25) is 0 Å². The first-order chi connectivity index (χ1) is 11.5. The number of fused-ring (bicyclic) bond motifs is 1. The largest absolute Gasteiger partial charge is 0.454 e. The Morgan fingerprint density at radius 1 is 1.17 bits per heavy atom. The van der Waals surface area contributed by atoms with E-state index in [4.69, 9.17) is 9.47 Å². The molecule has 3 rings (SSSR count). The number of benzene rings is 2. The van der Waals surface area contributed by atoms with Crippen molar-refractivity contribution in [1.82, 2.24) is 10.2 Å². The summed E-state index contributed by atoms with van der Waals surface area (Å²) in [5.74, 6) is -0.00551. The number of ether oxygens (including phenoxy) is 2. The lowest BCUT2D eigenvalue weighted by Gasteiger charge is -2.18. The Morgan fingerprint density at radius 2 is 1.96 bits per heavy atom. The number of carbonyl (C=O) groups is 1. The average molecular weight is 334 g/mol. The molecule has 0 radical (unpaired) electrons. The summed E-state index contributed by atoms with van der Waals surface area (Å²) >= 11 is 0. The minimum absolute atomic E-state index is 0.0408. The third-order valence-electron chi connectivity index (χ3n) is 3.65. The van der Waals surface area contributed by atoms with Crippen molar-refractivity contribution >= 4 is 6.03 Å². The van der Waals surface area contributed by atoms with Crippen molar-refractivity contribution in [2.45, 2.75) is 13.1 Å². The average Bonchev–Trinajstić information content (AvgIpc) is 3.02. The molecule has 0 aliphatic carbocycles. The van der Waals surface area contributed by atoms with Crippen molar-refractivity contribution in [2.24, 2.45) is 0 Å². The number of hydrogen-bond acceptors (Lipinski definition) is 3. The van der Waals surface area contributed by atoms with Gasteiger partial charge in [0, 0.05) is 31.8 Å². The zero-order chi connectivity index (χ0) is 17.1. The zero-order valence-electron chi connectivity index (χ0n) is 13.0. The number of amides is 2. The van der Waals surface area contributed by atoms with E-state index in [0.717, 1.165) is 17.7 Å². The van der Waals surface area contributed by atoms with Gasteiger partial charge in [-0.1, -0.05) is 12.1 Å². The molecule has 2 aromatic carbocycles. The Kier molecular flexibility index (Phi) is 4.50. The summed E-state index contributed by atoms with van der Waals surface area (Å²) in [4.78, 5) is 13.4. The molecule has 2 aromatic rings. The first kappa shape index (κ1) is 16.0. The molecule has 0 atom stereocenters. The van der Waals surface area contributed by atoms with E-state index in [1.54, 1.807) is 12.1 Å². The Labute approximate surface area is 137 Å². The van der Waals surface area contributed by atoms with Crippen LogP contribution in [-0.4, -0.2) is 24.8 Å². The topological polar surface area (TPSA) is 50.8 Å². The summed E-state index contributed by atoms with van der Waals surface area (Å²) in [6, 6.07) is 8.32. The van der Waals surface area contributed by atoms with E-state index in [1.807, 2.05) is 6.07 Å². The van der Waals surface area contributed by atoms with Crippen LogP contribution in [0.3, 0.4) is 0 Å². The van der Waals surface area contributed by atoms with Gasteiger partial charge in [0.2, 0.25) is 6.79 Å². The number of nitrogens with one attached hydrogen (secondary N) is 1. The molecule has 1 aliphatic rings. The number of nitrogens with zero attached hydrogens (tertiary/aromatic N) is 1. The normalized spacial score (nSPS) is 12.1. The molecule has 0 spiro atoms. The summed E-state index contributed by atoms with van der Waals surface area (Å²) in [6.45, 7) is 0.530. The summed E-state index contributed by atoms with van der Waals surface area (Å²) in [5, 5.41) is 2.74. The highest BCUT2D eigenvalue weighted by Gasteiger charge is 2.15. The molecule has 126 valence electrons. The lowest BCUT2D eigenvalue weighted by molar-refractivity contribution is 0.174. The van der Waals surface area contributed by atoms with Crippen LogP contribution < -0.4 is 14.8 Å². The van der Waals surface area contributed by atoms with Crippen LogP contribution in [0.1, 0.15) is 11.1 Å². The molecule has 1 aliphatic heterocycles. The van der Waals surface area contributed by atoms with Gasteiger partial charge in [-0.15, -0.1) is 0 Å². The van der Waals surface area contributed by atoms with E-state index in [0.29, 0.717) is 18.0 Å². The molecule has 24 heavy (non-hydrogen) atoms. The second-order valence-corrected chi connectivity index (χ2v) is 5.44. The molecule has 0 unspecified atom stereocenters. The monoisotopic (exact) mass is 334 g/mol. The quantitative estimate of drug-likeness (QED) is 0.935.